The molecular weight excluding hydrogens is 295 g/mol. The summed E-state index contributed by atoms with van der Waals surface area (Å²) in [7, 11) is 1.81. The van der Waals surface area contributed by atoms with Gasteiger partial charge in [-0.15, -0.1) is 0 Å². The van der Waals surface area contributed by atoms with Crippen LogP contribution in [0, 0.1) is 5.92 Å². The summed E-state index contributed by atoms with van der Waals surface area (Å²) >= 11 is 0. The summed E-state index contributed by atoms with van der Waals surface area (Å²) in [4.78, 5) is 24.2. The molecule has 1 aromatic rings. The lowest BCUT2D eigenvalue weighted by atomic mass is 10.0. The number of aromatic nitrogens is 2. The first kappa shape index (κ1) is 15.9. The molecule has 124 valence electrons. The summed E-state index contributed by atoms with van der Waals surface area (Å²) in [5, 5.41) is 0. The van der Waals surface area contributed by atoms with Gasteiger partial charge < -0.3 is 9.80 Å². The highest BCUT2D eigenvalue weighted by Gasteiger charge is 2.34. The molecule has 23 heavy (non-hydrogen) atoms. The van der Waals surface area contributed by atoms with Crippen LogP contribution in [-0.2, 0) is 4.79 Å². The van der Waals surface area contributed by atoms with Gasteiger partial charge in [0, 0.05) is 32.6 Å². The quantitative estimate of drug-likeness (QED) is 0.781. The predicted octanol–water partition coefficient (Wildman–Crippen LogP) is 2.21. The van der Waals surface area contributed by atoms with Gasteiger partial charge in [-0.25, -0.2) is 14.4 Å². The van der Waals surface area contributed by atoms with Crippen LogP contribution in [-0.4, -0.2) is 53.1 Å². The molecule has 0 aromatic carbocycles. The molecule has 0 saturated carbocycles. The van der Waals surface area contributed by atoms with Crippen molar-refractivity contribution in [3.63, 3.8) is 0 Å². The van der Waals surface area contributed by atoms with E-state index in [1.807, 2.05) is 11.9 Å². The third-order valence-corrected chi connectivity index (χ3v) is 4.68. The Morgan fingerprint density at radius 2 is 2.39 bits per heavy atom. The molecule has 1 aliphatic carbocycles. The molecule has 3 rings (SSSR count). The molecule has 1 aromatic heterocycles. The number of nitrogens with zero attached hydrogens (tertiary/aromatic N) is 4. The lowest BCUT2D eigenvalue weighted by molar-refractivity contribution is -0.130. The summed E-state index contributed by atoms with van der Waals surface area (Å²) in [5.41, 5.74) is 0. The topological polar surface area (TPSA) is 49.3 Å². The summed E-state index contributed by atoms with van der Waals surface area (Å²) in [6, 6.07) is 1.75. The zero-order valence-corrected chi connectivity index (χ0v) is 13.4. The van der Waals surface area contributed by atoms with E-state index in [9.17, 15) is 9.18 Å². The van der Waals surface area contributed by atoms with Gasteiger partial charge in [-0.05, 0) is 24.8 Å². The number of allylic oxidation sites excluding steroid dienone is 2. The SMILES string of the molecule is CN(C[C@@H]1C[C@H](F)CN1c1ccncn1)C(=O)C[C@H]1C=CCC1. The van der Waals surface area contributed by atoms with Gasteiger partial charge in [-0.3, -0.25) is 4.79 Å². The van der Waals surface area contributed by atoms with E-state index in [1.54, 1.807) is 17.2 Å². The van der Waals surface area contributed by atoms with Crippen molar-refractivity contribution in [3.8, 4) is 0 Å². The summed E-state index contributed by atoms with van der Waals surface area (Å²) < 4.78 is 13.9. The number of anilines is 1. The molecule has 1 aliphatic heterocycles. The molecule has 0 N–H and O–H groups in total. The highest BCUT2D eigenvalue weighted by molar-refractivity contribution is 5.76. The molecule has 6 heteroatoms. The minimum Gasteiger partial charge on any atom is -0.349 e. The van der Waals surface area contributed by atoms with Crippen LogP contribution < -0.4 is 4.90 Å². The van der Waals surface area contributed by atoms with Crippen LogP contribution in [0.2, 0.25) is 0 Å². The number of amides is 1. The van der Waals surface area contributed by atoms with Crippen molar-refractivity contribution in [3.05, 3.63) is 30.7 Å². The zero-order chi connectivity index (χ0) is 16.2. The Morgan fingerprint density at radius 3 is 3.09 bits per heavy atom. The number of carbonyl (C=O) groups excluding carboxylic acids is 1. The number of likely N-dealkylation sites (N-methyl/N-ethyl adjacent to an activating group) is 1. The average Bonchev–Trinajstić information content (AvgIpc) is 3.18. The first-order valence-electron chi connectivity index (χ1n) is 8.21. The smallest absolute Gasteiger partial charge is 0.222 e. The summed E-state index contributed by atoms with van der Waals surface area (Å²) in [6.45, 7) is 0.856. The molecule has 1 amide bonds. The lowest BCUT2D eigenvalue weighted by Gasteiger charge is -2.29. The van der Waals surface area contributed by atoms with Crippen molar-refractivity contribution in [2.75, 3.05) is 25.0 Å². The van der Waals surface area contributed by atoms with Gasteiger partial charge >= 0.3 is 0 Å². The first-order chi connectivity index (χ1) is 11.1. The maximum absolute atomic E-state index is 13.9. The molecule has 5 nitrogen and oxygen atoms in total. The van der Waals surface area contributed by atoms with E-state index >= 15 is 0 Å². The lowest BCUT2D eigenvalue weighted by Crippen LogP contribution is -2.42. The van der Waals surface area contributed by atoms with Crippen molar-refractivity contribution in [1.29, 1.82) is 0 Å². The monoisotopic (exact) mass is 318 g/mol. The van der Waals surface area contributed by atoms with Crippen molar-refractivity contribution >= 4 is 11.7 Å². The molecule has 2 heterocycles. The van der Waals surface area contributed by atoms with E-state index in [0.717, 1.165) is 18.7 Å². The Kier molecular flexibility index (Phi) is 4.88. The van der Waals surface area contributed by atoms with E-state index in [-0.39, 0.29) is 11.9 Å². The number of hydrogen-bond donors (Lipinski definition) is 0. The van der Waals surface area contributed by atoms with Crippen LogP contribution in [0.1, 0.15) is 25.7 Å². The average molecular weight is 318 g/mol. The van der Waals surface area contributed by atoms with Crippen LogP contribution in [0.25, 0.3) is 0 Å². The number of carbonyl (C=O) groups is 1. The largest absolute Gasteiger partial charge is 0.349 e. The van der Waals surface area contributed by atoms with Crippen molar-refractivity contribution in [1.82, 2.24) is 14.9 Å². The Morgan fingerprint density at radius 1 is 1.52 bits per heavy atom. The normalized spacial score (nSPS) is 26.7. The molecule has 1 saturated heterocycles. The van der Waals surface area contributed by atoms with E-state index in [2.05, 4.69) is 22.1 Å². The van der Waals surface area contributed by atoms with Crippen LogP contribution in [0.15, 0.2) is 30.7 Å². The zero-order valence-electron chi connectivity index (χ0n) is 13.4. The van der Waals surface area contributed by atoms with Gasteiger partial charge in [0.2, 0.25) is 5.91 Å². The van der Waals surface area contributed by atoms with Gasteiger partial charge in [0.15, 0.2) is 0 Å². The molecule has 0 unspecified atom stereocenters. The molecule has 0 bridgehead atoms. The second-order valence-electron chi connectivity index (χ2n) is 6.45. The van der Waals surface area contributed by atoms with Crippen molar-refractivity contribution < 1.29 is 9.18 Å². The highest BCUT2D eigenvalue weighted by Crippen LogP contribution is 2.26. The van der Waals surface area contributed by atoms with Crippen LogP contribution in [0.4, 0.5) is 10.2 Å². The minimum absolute atomic E-state index is 0.0343. The Bertz CT molecular complexity index is 565. The highest BCUT2D eigenvalue weighted by atomic mass is 19.1. The van der Waals surface area contributed by atoms with Crippen LogP contribution >= 0.6 is 0 Å². The summed E-state index contributed by atoms with van der Waals surface area (Å²) in [5.74, 6) is 1.22. The van der Waals surface area contributed by atoms with E-state index in [4.69, 9.17) is 0 Å². The number of halogens is 1. The predicted molar refractivity (Wildman–Crippen MR) is 86.8 cm³/mol. The fourth-order valence-corrected chi connectivity index (χ4v) is 3.43. The minimum atomic E-state index is -0.878. The van der Waals surface area contributed by atoms with E-state index in [0.29, 0.717) is 31.8 Å². The summed E-state index contributed by atoms with van der Waals surface area (Å²) in [6.07, 6.45) is 9.63. The van der Waals surface area contributed by atoms with E-state index < -0.39 is 6.17 Å². The Labute approximate surface area is 136 Å². The Balaban J connectivity index is 1.60. The Hall–Kier alpha value is -1.98. The second kappa shape index (κ2) is 7.06. The standard InChI is InChI=1S/C17H23FN4O/c1-21(17(23)8-13-4-2-3-5-13)11-15-9-14(18)10-22(15)16-6-7-19-12-20-16/h2,4,6-7,12-15H,3,5,8-11H2,1H3/t13-,14-,15-/m0/s1. The third-order valence-electron chi connectivity index (χ3n) is 4.68. The second-order valence-corrected chi connectivity index (χ2v) is 6.45. The van der Waals surface area contributed by atoms with Crippen LogP contribution in [0.3, 0.4) is 0 Å². The number of rotatable bonds is 5. The number of alkyl halides is 1. The first-order valence-corrected chi connectivity index (χ1v) is 8.21. The maximum atomic E-state index is 13.9. The van der Waals surface area contributed by atoms with Crippen LogP contribution in [0.5, 0.6) is 0 Å². The maximum Gasteiger partial charge on any atom is 0.222 e. The van der Waals surface area contributed by atoms with Gasteiger partial charge in [-0.2, -0.15) is 0 Å². The van der Waals surface area contributed by atoms with Crippen molar-refractivity contribution in [2.45, 2.75) is 37.9 Å². The van der Waals surface area contributed by atoms with Gasteiger partial charge in [0.25, 0.3) is 0 Å². The van der Waals surface area contributed by atoms with E-state index in [1.165, 1.54) is 6.33 Å². The molecule has 2 aliphatic rings. The molecular formula is C17H23FN4O. The molecule has 0 spiro atoms. The fourth-order valence-electron chi connectivity index (χ4n) is 3.43. The molecule has 3 atom stereocenters. The van der Waals surface area contributed by atoms with Crippen molar-refractivity contribution in [2.24, 2.45) is 5.92 Å². The third kappa shape index (κ3) is 3.86. The van der Waals surface area contributed by atoms with Gasteiger partial charge in [-0.1, -0.05) is 12.2 Å². The van der Waals surface area contributed by atoms with Gasteiger partial charge in [0.05, 0.1) is 12.6 Å². The fraction of sp³-hybridized carbons (Fsp3) is 0.588. The number of hydrogen-bond acceptors (Lipinski definition) is 4. The van der Waals surface area contributed by atoms with Gasteiger partial charge in [0.1, 0.15) is 18.3 Å². The molecule has 0 radical (unpaired) electrons. The molecule has 1 fully saturated rings.